The van der Waals surface area contributed by atoms with Gasteiger partial charge >= 0.3 is 12.3 Å². The number of aromatic nitrogens is 2. The molecule has 2 bridgehead atoms. The van der Waals surface area contributed by atoms with Crippen LogP contribution in [0.25, 0.3) is 22.5 Å². The summed E-state index contributed by atoms with van der Waals surface area (Å²) >= 11 is 1.62. The summed E-state index contributed by atoms with van der Waals surface area (Å²) in [6.07, 6.45) is 0.806. The molecule has 1 aliphatic carbocycles. The molecule has 2 aromatic heterocycles. The molecule has 2 aromatic carbocycles. The predicted molar refractivity (Wildman–Crippen MR) is 161 cm³/mol. The van der Waals surface area contributed by atoms with Crippen LogP contribution in [0.1, 0.15) is 71.7 Å². The van der Waals surface area contributed by atoms with E-state index in [-0.39, 0.29) is 48.0 Å². The second-order valence-corrected chi connectivity index (χ2v) is 12.8. The highest BCUT2D eigenvalue weighted by atomic mass is 32.1. The Hall–Kier alpha value is -3.90. The van der Waals surface area contributed by atoms with Crippen LogP contribution in [0.3, 0.4) is 0 Å². The molecule has 0 N–H and O–H groups in total. The van der Waals surface area contributed by atoms with Crippen molar-refractivity contribution in [3.8, 4) is 28.3 Å². The first-order valence-electron chi connectivity index (χ1n) is 15.1. The van der Waals surface area contributed by atoms with Crippen molar-refractivity contribution in [2.45, 2.75) is 82.5 Å². The maximum atomic E-state index is 13.2. The van der Waals surface area contributed by atoms with Crippen LogP contribution in [-0.2, 0) is 16.1 Å². The van der Waals surface area contributed by atoms with Gasteiger partial charge in [0.05, 0.1) is 31.1 Å². The van der Waals surface area contributed by atoms with Gasteiger partial charge in [-0.3, -0.25) is 0 Å². The molecule has 12 heteroatoms. The Kier molecular flexibility index (Phi) is 7.81. The van der Waals surface area contributed by atoms with Crippen LogP contribution in [0.15, 0.2) is 52.4 Å². The van der Waals surface area contributed by atoms with Crippen molar-refractivity contribution in [3.63, 3.8) is 0 Å². The molecule has 3 atom stereocenters. The number of ether oxygens (including phenoxy) is 3. The van der Waals surface area contributed by atoms with Gasteiger partial charge in [0.2, 0.25) is 0 Å². The smallest absolute Gasteiger partial charge is 0.465 e. The third-order valence-corrected chi connectivity index (χ3v) is 9.78. The third-order valence-electron chi connectivity index (χ3n) is 8.92. The average Bonchev–Trinajstić information content (AvgIpc) is 3.48. The van der Waals surface area contributed by atoms with Crippen molar-refractivity contribution in [2.75, 3.05) is 12.0 Å². The van der Waals surface area contributed by atoms with Crippen LogP contribution in [0.4, 0.5) is 18.3 Å². The summed E-state index contributed by atoms with van der Waals surface area (Å²) < 4.78 is 60.8. The molecule has 1 unspecified atom stereocenters. The molecule has 2 saturated heterocycles. The van der Waals surface area contributed by atoms with E-state index in [0.717, 1.165) is 60.5 Å². The number of anilines is 1. The van der Waals surface area contributed by atoms with Crippen LogP contribution >= 0.6 is 11.3 Å². The number of nitrogens with zero attached hydrogens (tertiary/aromatic N) is 3. The highest BCUT2D eigenvalue weighted by Gasteiger charge is 2.43. The summed E-state index contributed by atoms with van der Waals surface area (Å²) in [4.78, 5) is 19.4. The van der Waals surface area contributed by atoms with Gasteiger partial charge in [0.15, 0.2) is 5.13 Å². The lowest BCUT2D eigenvalue weighted by molar-refractivity contribution is -0.274. The molecule has 2 aliphatic heterocycles. The fourth-order valence-corrected chi connectivity index (χ4v) is 7.66. The Morgan fingerprint density at radius 1 is 1.07 bits per heavy atom. The summed E-state index contributed by atoms with van der Waals surface area (Å²) in [5.74, 6) is 0.218. The predicted octanol–water partition coefficient (Wildman–Crippen LogP) is 8.05. The number of halogens is 3. The zero-order chi connectivity index (χ0) is 31.3. The van der Waals surface area contributed by atoms with E-state index in [1.165, 1.54) is 19.2 Å². The van der Waals surface area contributed by atoms with E-state index in [4.69, 9.17) is 19.0 Å². The number of aryl methyl sites for hydroxylation is 1. The fourth-order valence-electron chi connectivity index (χ4n) is 6.69. The van der Waals surface area contributed by atoms with E-state index in [2.05, 4.69) is 20.2 Å². The van der Waals surface area contributed by atoms with E-state index in [1.807, 2.05) is 19.1 Å². The standard InChI is InChI=1S/C33H32F3N3O5S/c1-18-13-20(31(40)41-2)9-12-24(18)27-17-45-32(37-27)39-21-10-11-22(39)15-23(14-21)42-16-26-29(38-44-30(26)19-7-8-19)25-5-3-4-6-28(25)43-33(34,35)36/h3-6,9,12-13,17,19,21-23H,7-8,10-11,14-16H2,1-2H3/t21-,22?,23+/m1/s1. The van der Waals surface area contributed by atoms with Crippen molar-refractivity contribution in [3.05, 3.63) is 70.3 Å². The minimum absolute atomic E-state index is 0.0113. The van der Waals surface area contributed by atoms with Gasteiger partial charge in [0, 0.05) is 40.1 Å². The molecule has 3 aliphatic rings. The number of benzene rings is 2. The SMILES string of the molecule is COC(=O)c1ccc(-c2csc(N3C4CC[C@@H]3C[C@H](OCc3c(-c5ccccc5OC(F)(F)F)noc3C3CC3)C4)n2)c(C)c1. The van der Waals surface area contributed by atoms with E-state index >= 15 is 0 Å². The number of rotatable bonds is 9. The molecule has 0 amide bonds. The zero-order valence-electron chi connectivity index (χ0n) is 24.8. The zero-order valence-corrected chi connectivity index (χ0v) is 25.6. The van der Waals surface area contributed by atoms with Crippen LogP contribution in [-0.4, -0.2) is 47.8 Å². The molecular weight excluding hydrogens is 607 g/mol. The minimum atomic E-state index is -4.82. The highest BCUT2D eigenvalue weighted by Crippen LogP contribution is 2.47. The number of hydrogen-bond donors (Lipinski definition) is 0. The molecule has 8 nitrogen and oxygen atoms in total. The number of para-hydroxylation sites is 1. The van der Waals surface area contributed by atoms with Gasteiger partial charge in [0.25, 0.3) is 0 Å². The summed E-state index contributed by atoms with van der Waals surface area (Å²) in [5, 5.41) is 7.24. The first kappa shape index (κ1) is 29.8. The number of hydrogen-bond acceptors (Lipinski definition) is 9. The van der Waals surface area contributed by atoms with Crippen LogP contribution < -0.4 is 9.64 Å². The molecular formula is C33H32F3N3O5S. The van der Waals surface area contributed by atoms with Crippen LogP contribution in [0.5, 0.6) is 5.75 Å². The second kappa shape index (κ2) is 11.8. The van der Waals surface area contributed by atoms with Crippen LogP contribution in [0.2, 0.25) is 0 Å². The van der Waals surface area contributed by atoms with Gasteiger partial charge in [-0.2, -0.15) is 0 Å². The lowest BCUT2D eigenvalue weighted by Gasteiger charge is -2.38. The number of fused-ring (bicyclic) bond motifs is 2. The molecule has 45 heavy (non-hydrogen) atoms. The van der Waals surface area contributed by atoms with Crippen molar-refractivity contribution in [2.24, 2.45) is 0 Å². The van der Waals surface area contributed by atoms with Crippen molar-refractivity contribution >= 4 is 22.4 Å². The molecule has 4 heterocycles. The largest absolute Gasteiger partial charge is 0.573 e. The Morgan fingerprint density at radius 2 is 1.82 bits per heavy atom. The number of esters is 1. The molecule has 236 valence electrons. The first-order chi connectivity index (χ1) is 21.7. The molecule has 3 fully saturated rings. The second-order valence-electron chi connectivity index (χ2n) is 11.9. The van der Waals surface area contributed by atoms with Crippen molar-refractivity contribution in [1.29, 1.82) is 0 Å². The third kappa shape index (κ3) is 6.05. The summed E-state index contributed by atoms with van der Waals surface area (Å²) in [6.45, 7) is 2.17. The quantitative estimate of drug-likeness (QED) is 0.170. The first-order valence-corrected chi connectivity index (χ1v) is 15.9. The normalized spacial score (nSPS) is 21.3. The van der Waals surface area contributed by atoms with E-state index in [9.17, 15) is 18.0 Å². The Balaban J connectivity index is 1.06. The number of methoxy groups -OCH3 is 1. The van der Waals surface area contributed by atoms with Gasteiger partial charge in [-0.15, -0.1) is 24.5 Å². The summed E-state index contributed by atoms with van der Waals surface area (Å²) in [5.41, 5.74) is 4.59. The molecule has 0 radical (unpaired) electrons. The average molecular weight is 640 g/mol. The summed E-state index contributed by atoms with van der Waals surface area (Å²) in [7, 11) is 1.37. The number of carbonyl (C=O) groups is 1. The lowest BCUT2D eigenvalue weighted by atomic mass is 9.99. The van der Waals surface area contributed by atoms with Crippen LogP contribution in [0, 0.1) is 6.92 Å². The summed E-state index contributed by atoms with van der Waals surface area (Å²) in [6, 6.07) is 12.1. The van der Waals surface area contributed by atoms with Gasteiger partial charge in [-0.05, 0) is 75.3 Å². The maximum absolute atomic E-state index is 13.2. The number of carbonyl (C=O) groups excluding carboxylic acids is 1. The topological polar surface area (TPSA) is 86.9 Å². The number of piperidine rings is 1. The number of thiazole rings is 1. The Labute approximate surface area is 262 Å². The molecule has 4 aromatic rings. The van der Waals surface area contributed by atoms with E-state index in [0.29, 0.717) is 22.6 Å². The van der Waals surface area contributed by atoms with Gasteiger partial charge in [0.1, 0.15) is 17.2 Å². The maximum Gasteiger partial charge on any atom is 0.573 e. The van der Waals surface area contributed by atoms with E-state index in [1.54, 1.807) is 29.5 Å². The van der Waals surface area contributed by atoms with Crippen molar-refractivity contribution in [1.82, 2.24) is 10.1 Å². The van der Waals surface area contributed by atoms with Gasteiger partial charge in [-0.25, -0.2) is 9.78 Å². The molecule has 1 saturated carbocycles. The lowest BCUT2D eigenvalue weighted by Crippen LogP contribution is -2.45. The Bertz CT molecular complexity index is 1700. The molecule has 0 spiro atoms. The van der Waals surface area contributed by atoms with Crippen molar-refractivity contribution < 1.29 is 36.7 Å². The fraction of sp³-hybridized carbons (Fsp3) is 0.424. The number of alkyl halides is 3. The van der Waals surface area contributed by atoms with Gasteiger partial charge < -0.3 is 23.6 Å². The highest BCUT2D eigenvalue weighted by molar-refractivity contribution is 7.14. The minimum Gasteiger partial charge on any atom is -0.465 e. The monoisotopic (exact) mass is 639 g/mol. The van der Waals surface area contributed by atoms with Gasteiger partial charge in [-0.1, -0.05) is 23.4 Å². The molecule has 7 rings (SSSR count). The van der Waals surface area contributed by atoms with E-state index < -0.39 is 6.36 Å². The Morgan fingerprint density at radius 3 is 2.51 bits per heavy atom.